The van der Waals surface area contributed by atoms with Crippen LogP contribution in [0.2, 0.25) is 0 Å². The second-order valence-corrected chi connectivity index (χ2v) is 16.0. The van der Waals surface area contributed by atoms with E-state index in [2.05, 4.69) is 31.6 Å². The predicted molar refractivity (Wildman–Crippen MR) is 197 cm³/mol. The zero-order chi connectivity index (χ0) is 40.4. The van der Waals surface area contributed by atoms with E-state index in [1.165, 1.54) is 27.7 Å². The number of para-hydroxylation sites is 1. The van der Waals surface area contributed by atoms with Gasteiger partial charge in [0.2, 0.25) is 35.4 Å². The van der Waals surface area contributed by atoms with Crippen LogP contribution in [0.5, 0.6) is 0 Å². The molecule has 5 rings (SSSR count). The molecule has 1 aromatic carbocycles. The van der Waals surface area contributed by atoms with E-state index in [9.17, 15) is 54.0 Å². The maximum Gasteiger partial charge on any atom is 0.246 e. The second-order valence-electron chi connectivity index (χ2n) is 14.9. The van der Waals surface area contributed by atoms with Crippen molar-refractivity contribution in [1.29, 1.82) is 0 Å². The van der Waals surface area contributed by atoms with Crippen molar-refractivity contribution >= 4 is 63.9 Å². The Labute approximate surface area is 320 Å². The number of hydrogen-bond acceptors (Lipinski definition) is 12. The van der Waals surface area contributed by atoms with Crippen molar-refractivity contribution in [2.45, 2.75) is 112 Å². The van der Waals surface area contributed by atoms with E-state index in [0.717, 1.165) is 16.7 Å². The third-order valence-electron chi connectivity index (χ3n) is 10.2. The van der Waals surface area contributed by atoms with Crippen LogP contribution < -0.4 is 26.6 Å². The summed E-state index contributed by atoms with van der Waals surface area (Å²) in [5.41, 5.74) is -0.630. The normalized spacial score (nSPS) is 30.9. The van der Waals surface area contributed by atoms with Crippen LogP contribution in [0.1, 0.15) is 52.5 Å². The summed E-state index contributed by atoms with van der Waals surface area (Å²) in [6.45, 7) is 4.15. The summed E-state index contributed by atoms with van der Waals surface area (Å²) in [5, 5.41) is 55.7. The van der Waals surface area contributed by atoms with Gasteiger partial charge in [0.05, 0.1) is 35.5 Å². The summed E-state index contributed by atoms with van der Waals surface area (Å²) in [7, 11) is 0. The summed E-state index contributed by atoms with van der Waals surface area (Å²) < 4.78 is 0. The summed E-state index contributed by atoms with van der Waals surface area (Å²) in [6.07, 6.45) is -3.77. The highest BCUT2D eigenvalue weighted by Crippen LogP contribution is 2.34. The number of carbonyl (C=O) groups excluding carboxylic acids is 7. The molecule has 2 aromatic rings. The molecule has 2 bridgehead atoms. The molecule has 19 heteroatoms. The Morgan fingerprint density at radius 2 is 1.58 bits per heavy atom. The van der Waals surface area contributed by atoms with Crippen LogP contribution >= 0.6 is 11.8 Å². The summed E-state index contributed by atoms with van der Waals surface area (Å²) in [4.78, 5) is 101. The highest BCUT2D eigenvalue weighted by molar-refractivity contribution is 7.99. The van der Waals surface area contributed by atoms with Crippen molar-refractivity contribution in [2.24, 2.45) is 5.92 Å². The van der Waals surface area contributed by atoms with Gasteiger partial charge >= 0.3 is 0 Å². The Morgan fingerprint density at radius 1 is 0.891 bits per heavy atom. The van der Waals surface area contributed by atoms with Crippen molar-refractivity contribution in [3.8, 4) is 0 Å². The number of thioether (sulfide) groups is 1. The Kier molecular flexibility index (Phi) is 12.9. The van der Waals surface area contributed by atoms with E-state index in [1.54, 1.807) is 24.3 Å². The zero-order valence-electron chi connectivity index (χ0n) is 31.0. The molecule has 300 valence electrons. The van der Waals surface area contributed by atoms with Crippen LogP contribution in [0.15, 0.2) is 29.3 Å². The lowest BCUT2D eigenvalue weighted by Crippen LogP contribution is -2.61. The summed E-state index contributed by atoms with van der Waals surface area (Å²) in [6, 6.07) is -1.14. The van der Waals surface area contributed by atoms with Crippen LogP contribution in [-0.4, -0.2) is 145 Å². The van der Waals surface area contributed by atoms with Gasteiger partial charge in [-0.3, -0.25) is 33.6 Å². The van der Waals surface area contributed by atoms with Gasteiger partial charge in [0.1, 0.15) is 30.2 Å². The maximum atomic E-state index is 14.3. The minimum absolute atomic E-state index is 0.0792. The third kappa shape index (κ3) is 9.64. The van der Waals surface area contributed by atoms with Crippen LogP contribution in [0.4, 0.5) is 0 Å². The van der Waals surface area contributed by atoms with Gasteiger partial charge in [-0.25, -0.2) is 0 Å². The fourth-order valence-corrected chi connectivity index (χ4v) is 8.10. The molecule has 4 heterocycles. The average molecular weight is 788 g/mol. The lowest BCUT2D eigenvalue weighted by molar-refractivity contribution is -0.142. The second kappa shape index (κ2) is 17.1. The first-order chi connectivity index (χ1) is 25.9. The number of nitrogens with one attached hydrogen (secondary N) is 6. The SMILES string of the molecule is C[C@@H]1NC(=O)[C@@H]2C[C@@H](O)CN2C(=O)[C@H]2CSc3[nH]c4ccccc4c3C[C@H](CC1=O)C(=O)N[C@@H](C[C@@](C)(O)CO)C(=O)N[C@@H](C)C(=O)N[C@H]([C@H](C)O)C(=O)N2. The number of nitrogens with zero attached hydrogens (tertiary/aromatic N) is 1. The van der Waals surface area contributed by atoms with E-state index >= 15 is 0 Å². The molecule has 1 aromatic heterocycles. The molecule has 0 radical (unpaired) electrons. The number of Topliss-reactive ketones (excluding diaryl/α,β-unsaturated/α-hetero) is 1. The van der Waals surface area contributed by atoms with Crippen LogP contribution in [0.3, 0.4) is 0 Å². The van der Waals surface area contributed by atoms with Gasteiger partial charge in [0, 0.05) is 48.4 Å². The number of benzene rings is 1. The van der Waals surface area contributed by atoms with E-state index in [-0.39, 0.29) is 25.1 Å². The molecule has 0 aliphatic carbocycles. The molecule has 3 aliphatic rings. The van der Waals surface area contributed by atoms with E-state index < -0.39 is 121 Å². The topological polar surface area (TPSA) is 280 Å². The monoisotopic (exact) mass is 787 g/mol. The number of ketones is 1. The highest BCUT2D eigenvalue weighted by Gasteiger charge is 2.44. The molecule has 0 unspecified atom stereocenters. The minimum atomic E-state index is -1.88. The number of rotatable bonds is 4. The Morgan fingerprint density at radius 3 is 2.27 bits per heavy atom. The van der Waals surface area contributed by atoms with Crippen molar-refractivity contribution in [1.82, 2.24) is 36.5 Å². The fraction of sp³-hybridized carbons (Fsp3) is 0.583. The number of aliphatic hydroxyl groups excluding tert-OH is 3. The van der Waals surface area contributed by atoms with Crippen molar-refractivity contribution < 1.29 is 54.0 Å². The molecule has 0 saturated carbocycles. The lowest BCUT2D eigenvalue weighted by atomic mass is 9.90. The van der Waals surface area contributed by atoms with Crippen LogP contribution in [-0.2, 0) is 40.0 Å². The van der Waals surface area contributed by atoms with Gasteiger partial charge in [0.15, 0.2) is 5.78 Å². The summed E-state index contributed by atoms with van der Waals surface area (Å²) >= 11 is 1.11. The van der Waals surface area contributed by atoms with Crippen molar-refractivity contribution in [3.63, 3.8) is 0 Å². The number of H-pyrrole nitrogens is 1. The van der Waals surface area contributed by atoms with Crippen LogP contribution in [0, 0.1) is 5.92 Å². The molecule has 18 nitrogen and oxygen atoms in total. The quantitative estimate of drug-likeness (QED) is 0.152. The third-order valence-corrected chi connectivity index (χ3v) is 11.3. The van der Waals surface area contributed by atoms with Gasteiger partial charge in [-0.05, 0) is 45.7 Å². The molecule has 3 aliphatic heterocycles. The largest absolute Gasteiger partial charge is 0.393 e. The molecular formula is C36H49N7O11S. The molecule has 0 spiro atoms. The Hall–Kier alpha value is -4.56. The predicted octanol–water partition coefficient (Wildman–Crippen LogP) is -2.66. The number of aliphatic hydroxyl groups is 4. The number of aromatic nitrogens is 1. The van der Waals surface area contributed by atoms with Gasteiger partial charge < -0.3 is 56.9 Å². The van der Waals surface area contributed by atoms with Crippen molar-refractivity contribution in [3.05, 3.63) is 29.8 Å². The number of amides is 6. The molecular weight excluding hydrogens is 739 g/mol. The van der Waals surface area contributed by atoms with Crippen LogP contribution in [0.25, 0.3) is 10.9 Å². The molecule has 6 amide bonds. The summed E-state index contributed by atoms with van der Waals surface area (Å²) in [5.74, 6) is -6.94. The van der Waals surface area contributed by atoms with Gasteiger partial charge in [-0.2, -0.15) is 0 Å². The molecule has 10 N–H and O–H groups in total. The number of hydrogen-bond donors (Lipinski definition) is 10. The van der Waals surface area contributed by atoms with E-state index in [0.29, 0.717) is 21.5 Å². The van der Waals surface area contributed by atoms with Crippen molar-refractivity contribution in [2.75, 3.05) is 18.9 Å². The zero-order valence-corrected chi connectivity index (χ0v) is 31.8. The Balaban J connectivity index is 1.69. The standard InChI is InChI=1S/C36H49N7O11S/c1-16-27(47)10-19-9-22-21-7-5-6-8-23(21)41-34(22)55-14-25(35(53)43-13-20(46)11-26(43)32(51)37-16)40-33(52)28(18(3)45)42-29(48)17(2)38-31(50)24(39-30(19)49)12-36(4,54)15-44/h5-8,16-20,24-26,28,41,44-46,54H,9-15H2,1-4H3,(H,37,51)(H,38,50)(H,39,49)(H,40,52)(H,42,48)/t16-,17-,18-,19+,20+,24-,25+,26-,28+,36+/m0/s1. The Bertz CT molecular complexity index is 1830. The average Bonchev–Trinajstić information content (AvgIpc) is 3.69. The fourth-order valence-electron chi connectivity index (χ4n) is 6.99. The van der Waals surface area contributed by atoms with E-state index in [1.807, 2.05) is 0 Å². The van der Waals surface area contributed by atoms with Gasteiger partial charge in [0.25, 0.3) is 0 Å². The molecule has 1 fully saturated rings. The smallest absolute Gasteiger partial charge is 0.246 e. The lowest BCUT2D eigenvalue weighted by Gasteiger charge is -2.31. The maximum absolute atomic E-state index is 14.3. The minimum Gasteiger partial charge on any atom is -0.393 e. The number of fused-ring (bicyclic) bond motifs is 5. The molecule has 55 heavy (non-hydrogen) atoms. The highest BCUT2D eigenvalue weighted by atomic mass is 32.2. The molecule has 1 saturated heterocycles. The first-order valence-corrected chi connectivity index (χ1v) is 19.1. The van der Waals surface area contributed by atoms with E-state index in [4.69, 9.17) is 0 Å². The number of aromatic amines is 1. The first kappa shape index (κ1) is 41.6. The number of carbonyl (C=O) groups is 7. The van der Waals surface area contributed by atoms with Gasteiger partial charge in [-0.1, -0.05) is 18.2 Å². The first-order valence-electron chi connectivity index (χ1n) is 18.2. The van der Waals surface area contributed by atoms with Gasteiger partial charge in [-0.15, -0.1) is 11.8 Å². The molecule has 10 atom stereocenters.